The Balaban J connectivity index is 4.09. The van der Waals surface area contributed by atoms with Crippen LogP contribution < -0.4 is 0 Å². The van der Waals surface area contributed by atoms with Gasteiger partial charge in [-0.3, -0.25) is 9.59 Å². The van der Waals surface area contributed by atoms with E-state index in [1.807, 2.05) is 55.4 Å². The molecule has 0 amide bonds. The summed E-state index contributed by atoms with van der Waals surface area (Å²) in [7, 11) is 1.16. The third kappa shape index (κ3) is 6.88. The molecule has 0 N–H and O–H groups in total. The molecule has 0 aromatic carbocycles. The van der Waals surface area contributed by atoms with E-state index in [0.717, 1.165) is 21.9 Å². The lowest BCUT2D eigenvalue weighted by atomic mass is 9.69. The molecule has 0 aliphatic rings. The number of carbonyl (C=O) groups excluding carboxylic acids is 2. The van der Waals surface area contributed by atoms with Crippen LogP contribution in [0.25, 0.3) is 0 Å². The van der Waals surface area contributed by atoms with E-state index in [1.54, 1.807) is 0 Å². The minimum Gasteiger partial charge on any atom is -0.459 e. The molecule has 0 aliphatic heterocycles. The van der Waals surface area contributed by atoms with E-state index in [1.165, 1.54) is 0 Å². The molecule has 0 saturated carbocycles. The van der Waals surface area contributed by atoms with Crippen LogP contribution in [0.3, 0.4) is 0 Å². The summed E-state index contributed by atoms with van der Waals surface area (Å²) in [5.74, 6) is -0.460. The largest absolute Gasteiger partial charge is 0.459 e. The van der Waals surface area contributed by atoms with Gasteiger partial charge < -0.3 is 8.92 Å². The number of carbonyl (C=O) groups is 2. The van der Waals surface area contributed by atoms with Gasteiger partial charge in [0.1, 0.15) is 22.4 Å². The van der Waals surface area contributed by atoms with E-state index < -0.39 is 11.0 Å². The summed E-state index contributed by atoms with van der Waals surface area (Å²) < 4.78 is 10.3. The molecular weight excluding hydrogens is 296 g/mol. The molecule has 0 fully saturated rings. The Labute approximate surface area is 130 Å². The van der Waals surface area contributed by atoms with E-state index in [9.17, 15) is 9.59 Å². The van der Waals surface area contributed by atoms with E-state index in [0.29, 0.717) is 0 Å². The van der Waals surface area contributed by atoms with Crippen LogP contribution in [0.4, 0.5) is 0 Å². The van der Waals surface area contributed by atoms with Gasteiger partial charge in [-0.15, -0.1) is 0 Å². The third-order valence-electron chi connectivity index (χ3n) is 3.14. The molecule has 20 heavy (non-hydrogen) atoms. The molecule has 0 heterocycles. The summed E-state index contributed by atoms with van der Waals surface area (Å²) in [5.41, 5.74) is -1.28. The summed E-state index contributed by atoms with van der Waals surface area (Å²) in [6, 6.07) is 0. The monoisotopic (exact) mass is 322 g/mol. The topological polar surface area (TPSA) is 52.6 Å². The van der Waals surface area contributed by atoms with Gasteiger partial charge in [0.25, 0.3) is 0 Å². The lowest BCUT2D eigenvalue weighted by Gasteiger charge is -2.35. The zero-order chi connectivity index (χ0) is 16.2. The van der Waals surface area contributed by atoms with Gasteiger partial charge in [0.2, 0.25) is 0 Å². The fourth-order valence-electron chi connectivity index (χ4n) is 0.908. The standard InChI is InChI=1S/C14H26O4S2/c1-12(2,3)14(7,8)11(16)18-20-19-9-10(15)17-13(4,5)6/h9H2,1-8H3. The Morgan fingerprint density at radius 2 is 1.45 bits per heavy atom. The Kier molecular flexibility index (Phi) is 6.94. The Hall–Kier alpha value is -0.360. The molecule has 118 valence electrons. The molecule has 0 saturated heterocycles. The van der Waals surface area contributed by atoms with Crippen LogP contribution in [0.2, 0.25) is 0 Å². The maximum absolute atomic E-state index is 12.0. The number of esters is 1. The molecule has 0 radical (unpaired) electrons. The highest BCUT2D eigenvalue weighted by Gasteiger charge is 2.41. The predicted octanol–water partition coefficient (Wildman–Crippen LogP) is 4.24. The molecule has 0 atom stereocenters. The number of ether oxygens (including phenoxy) is 1. The van der Waals surface area contributed by atoms with Crippen LogP contribution in [0.1, 0.15) is 55.4 Å². The Morgan fingerprint density at radius 1 is 0.950 bits per heavy atom. The van der Waals surface area contributed by atoms with Crippen molar-refractivity contribution in [1.82, 2.24) is 0 Å². The minimum atomic E-state index is -0.591. The van der Waals surface area contributed by atoms with E-state index in [-0.39, 0.29) is 23.1 Å². The van der Waals surface area contributed by atoms with Gasteiger partial charge in [-0.2, -0.15) is 0 Å². The summed E-state index contributed by atoms with van der Waals surface area (Å²) in [6.07, 6.45) is 0. The number of rotatable bonds is 5. The molecule has 0 aromatic heterocycles. The van der Waals surface area contributed by atoms with Crippen LogP contribution in [0.5, 0.6) is 0 Å². The van der Waals surface area contributed by atoms with Gasteiger partial charge in [-0.1, -0.05) is 20.8 Å². The van der Waals surface area contributed by atoms with Gasteiger partial charge in [0, 0.05) is 0 Å². The van der Waals surface area contributed by atoms with Crippen molar-refractivity contribution in [3.05, 3.63) is 0 Å². The zero-order valence-electron chi connectivity index (χ0n) is 13.7. The molecular formula is C14H26O4S2. The molecule has 6 heteroatoms. The van der Waals surface area contributed by atoms with E-state index in [4.69, 9.17) is 8.92 Å². The first-order valence-electron chi connectivity index (χ1n) is 6.50. The zero-order valence-corrected chi connectivity index (χ0v) is 15.3. The van der Waals surface area contributed by atoms with Crippen molar-refractivity contribution in [3.8, 4) is 0 Å². The minimum absolute atomic E-state index is 0.144. The lowest BCUT2D eigenvalue weighted by Crippen LogP contribution is -2.37. The maximum Gasteiger partial charge on any atom is 0.324 e. The van der Waals surface area contributed by atoms with Gasteiger partial charge in [0.05, 0.1) is 5.41 Å². The van der Waals surface area contributed by atoms with Gasteiger partial charge in [-0.25, -0.2) is 0 Å². The molecule has 0 unspecified atom stereocenters. The van der Waals surface area contributed by atoms with Crippen molar-refractivity contribution in [3.63, 3.8) is 0 Å². The second-order valence-electron chi connectivity index (χ2n) is 7.16. The summed E-state index contributed by atoms with van der Waals surface area (Å²) in [5, 5.41) is 0. The van der Waals surface area contributed by atoms with Crippen molar-refractivity contribution in [2.45, 2.75) is 61.0 Å². The van der Waals surface area contributed by atoms with Crippen LogP contribution in [-0.2, 0) is 18.5 Å². The van der Waals surface area contributed by atoms with Crippen molar-refractivity contribution >= 4 is 33.8 Å². The fraction of sp³-hybridized carbons (Fsp3) is 0.857. The third-order valence-corrected chi connectivity index (χ3v) is 4.66. The predicted molar refractivity (Wildman–Crippen MR) is 85.2 cm³/mol. The first-order chi connectivity index (χ1) is 8.77. The Morgan fingerprint density at radius 3 is 1.85 bits per heavy atom. The van der Waals surface area contributed by atoms with E-state index in [2.05, 4.69) is 0 Å². The van der Waals surface area contributed by atoms with Crippen LogP contribution in [0.15, 0.2) is 0 Å². The van der Waals surface area contributed by atoms with Crippen molar-refractivity contribution in [2.24, 2.45) is 10.8 Å². The molecule has 4 nitrogen and oxygen atoms in total. The second-order valence-corrected chi connectivity index (χ2v) is 9.10. The number of hydrogen-bond acceptors (Lipinski definition) is 6. The smallest absolute Gasteiger partial charge is 0.324 e. The van der Waals surface area contributed by atoms with Crippen molar-refractivity contribution in [2.75, 3.05) is 5.75 Å². The molecule has 0 rings (SSSR count). The Bertz CT molecular complexity index is 351. The molecule has 0 aromatic rings. The highest BCUT2D eigenvalue weighted by Crippen LogP contribution is 2.40. The highest BCUT2D eigenvalue weighted by atomic mass is 33.1. The SMILES string of the molecule is CC(C)(C)OC(=O)CSSOC(=O)C(C)(C)C(C)(C)C. The average Bonchev–Trinajstić information content (AvgIpc) is 2.19. The van der Waals surface area contributed by atoms with Crippen molar-refractivity contribution < 1.29 is 18.5 Å². The first kappa shape index (κ1) is 19.6. The van der Waals surface area contributed by atoms with Gasteiger partial charge >= 0.3 is 11.9 Å². The molecule has 0 aliphatic carbocycles. The maximum atomic E-state index is 12.0. The van der Waals surface area contributed by atoms with Gasteiger partial charge in [0.15, 0.2) is 0 Å². The summed E-state index contributed by atoms with van der Waals surface area (Å²) >= 11 is 0.925. The fourth-order valence-corrected chi connectivity index (χ4v) is 2.19. The summed E-state index contributed by atoms with van der Waals surface area (Å²) in [4.78, 5) is 23.5. The normalized spacial score (nSPS) is 13.0. The summed E-state index contributed by atoms with van der Waals surface area (Å²) in [6.45, 7) is 15.1. The van der Waals surface area contributed by atoms with Gasteiger partial charge in [-0.05, 0) is 50.8 Å². The highest BCUT2D eigenvalue weighted by molar-refractivity contribution is 8.75. The quantitative estimate of drug-likeness (QED) is 0.326. The first-order valence-corrected chi connectivity index (χ1v) is 8.74. The average molecular weight is 322 g/mol. The van der Waals surface area contributed by atoms with Crippen LogP contribution in [0, 0.1) is 10.8 Å². The van der Waals surface area contributed by atoms with Crippen molar-refractivity contribution in [1.29, 1.82) is 0 Å². The molecule has 0 bridgehead atoms. The van der Waals surface area contributed by atoms with Crippen LogP contribution in [-0.4, -0.2) is 23.3 Å². The second kappa shape index (κ2) is 7.07. The van der Waals surface area contributed by atoms with E-state index >= 15 is 0 Å². The number of hydrogen-bond donors (Lipinski definition) is 0. The molecule has 0 spiro atoms. The van der Waals surface area contributed by atoms with Crippen LogP contribution >= 0.6 is 21.9 Å². The lowest BCUT2D eigenvalue weighted by molar-refractivity contribution is -0.151.